The van der Waals surface area contributed by atoms with E-state index in [0.29, 0.717) is 30.6 Å². The maximum absolute atomic E-state index is 13.1. The van der Waals surface area contributed by atoms with E-state index in [2.05, 4.69) is 0 Å². The molecular weight excluding hydrogens is 433 g/mol. The molecule has 0 aromatic heterocycles. The molecule has 1 saturated carbocycles. The highest BCUT2D eigenvalue weighted by atomic mass is 35.5. The number of amides is 1. The van der Waals surface area contributed by atoms with Crippen molar-refractivity contribution in [3.63, 3.8) is 0 Å². The average molecular weight is 457 g/mol. The minimum Gasteiger partial charge on any atom is -0.495 e. The zero-order valence-electron chi connectivity index (χ0n) is 17.3. The number of benzene rings is 1. The molecule has 1 aromatic rings. The Hall–Kier alpha value is -2.27. The second kappa shape index (κ2) is 9.07. The number of carbonyl (C=O) groups excluding carboxylic acids is 2. The second-order valence-corrected chi connectivity index (χ2v) is 8.62. The zero-order chi connectivity index (χ0) is 22.9. The number of likely N-dealkylation sites (tertiary alicyclic amines) is 1. The number of ketones is 1. The number of alkyl halides is 3. The van der Waals surface area contributed by atoms with Crippen molar-refractivity contribution in [2.24, 2.45) is 17.8 Å². The first kappa shape index (κ1) is 23.4. The monoisotopic (exact) mass is 456 g/mol. The van der Waals surface area contributed by atoms with Gasteiger partial charge >= 0.3 is 6.18 Å². The molecule has 168 valence electrons. The summed E-state index contributed by atoms with van der Waals surface area (Å²) in [6.45, 7) is 2.10. The normalized spacial score (nSPS) is 26.0. The van der Waals surface area contributed by atoms with Crippen molar-refractivity contribution in [2.45, 2.75) is 51.2 Å². The van der Waals surface area contributed by atoms with Gasteiger partial charge in [0.25, 0.3) is 0 Å². The van der Waals surface area contributed by atoms with Crippen LogP contribution in [0.15, 0.2) is 12.1 Å². The molecule has 31 heavy (non-hydrogen) atoms. The van der Waals surface area contributed by atoms with Crippen LogP contribution in [-0.2, 0) is 16.0 Å². The predicted molar refractivity (Wildman–Crippen MR) is 108 cm³/mol. The first-order valence-electron chi connectivity index (χ1n) is 10.3. The minimum absolute atomic E-state index is 0.106. The molecule has 2 aliphatic rings. The lowest BCUT2D eigenvalue weighted by molar-refractivity contribution is -0.181. The van der Waals surface area contributed by atoms with Gasteiger partial charge in [-0.15, -0.1) is 0 Å². The Morgan fingerprint density at radius 3 is 2.58 bits per heavy atom. The molecular formula is C22H24ClF3N2O3. The molecule has 4 atom stereocenters. The van der Waals surface area contributed by atoms with E-state index in [4.69, 9.17) is 16.3 Å². The Morgan fingerprint density at radius 1 is 1.26 bits per heavy atom. The van der Waals surface area contributed by atoms with Gasteiger partial charge in [-0.05, 0) is 50.2 Å². The van der Waals surface area contributed by atoms with Gasteiger partial charge in [-0.25, -0.2) is 0 Å². The third-order valence-corrected chi connectivity index (χ3v) is 7.16. The van der Waals surface area contributed by atoms with Crippen LogP contribution < -0.4 is 4.74 Å². The summed E-state index contributed by atoms with van der Waals surface area (Å²) in [4.78, 5) is 26.7. The first-order chi connectivity index (χ1) is 14.6. The lowest BCUT2D eigenvalue weighted by Gasteiger charge is -2.49. The summed E-state index contributed by atoms with van der Waals surface area (Å²) >= 11 is 6.33. The summed E-state index contributed by atoms with van der Waals surface area (Å²) in [7, 11) is 1.44. The van der Waals surface area contributed by atoms with E-state index in [0.717, 1.165) is 0 Å². The largest absolute Gasteiger partial charge is 0.495 e. The van der Waals surface area contributed by atoms with Crippen LogP contribution in [0.3, 0.4) is 0 Å². The number of hydrogen-bond donors (Lipinski definition) is 0. The topological polar surface area (TPSA) is 70.4 Å². The van der Waals surface area contributed by atoms with Gasteiger partial charge in [0.15, 0.2) is 0 Å². The van der Waals surface area contributed by atoms with E-state index in [1.807, 2.05) is 13.0 Å². The highest BCUT2D eigenvalue weighted by Gasteiger charge is 2.51. The second-order valence-electron chi connectivity index (χ2n) is 8.24. The lowest BCUT2D eigenvalue weighted by atomic mass is 9.64. The molecule has 0 spiro atoms. The van der Waals surface area contributed by atoms with Crippen LogP contribution in [0.25, 0.3) is 0 Å². The van der Waals surface area contributed by atoms with Crippen molar-refractivity contribution < 1.29 is 27.5 Å². The Balaban J connectivity index is 1.79. The van der Waals surface area contributed by atoms with Crippen molar-refractivity contribution >= 4 is 23.3 Å². The Kier molecular flexibility index (Phi) is 6.85. The fraction of sp³-hybridized carbons (Fsp3) is 0.591. The fourth-order valence-electron chi connectivity index (χ4n) is 5.21. The van der Waals surface area contributed by atoms with Crippen LogP contribution in [0.5, 0.6) is 5.75 Å². The molecule has 3 rings (SSSR count). The van der Waals surface area contributed by atoms with Crippen molar-refractivity contribution in [3.8, 4) is 11.8 Å². The number of carbonyl (C=O) groups is 2. The molecule has 1 amide bonds. The Labute approximate surface area is 184 Å². The molecule has 9 heteroatoms. The van der Waals surface area contributed by atoms with Crippen LogP contribution >= 0.6 is 11.6 Å². The van der Waals surface area contributed by atoms with Crippen molar-refractivity contribution in [2.75, 3.05) is 13.7 Å². The SMILES string of the molecule is COc1ccc(C#N)c(CC(=O)N2CC[C@@H]3[C@H](CCC[C@H]3C(=O)C(F)(F)F)[C@@H]2C)c1Cl. The molecule has 0 radical (unpaired) electrons. The number of nitrogens with zero attached hydrogens (tertiary/aromatic N) is 2. The van der Waals surface area contributed by atoms with Crippen molar-refractivity contribution in [1.82, 2.24) is 4.90 Å². The number of piperidine rings is 1. The van der Waals surface area contributed by atoms with Gasteiger partial charge in [-0.3, -0.25) is 9.59 Å². The predicted octanol–water partition coefficient (Wildman–Crippen LogP) is 4.55. The van der Waals surface area contributed by atoms with Gasteiger partial charge < -0.3 is 9.64 Å². The zero-order valence-corrected chi connectivity index (χ0v) is 18.1. The van der Waals surface area contributed by atoms with E-state index in [-0.39, 0.29) is 53.8 Å². The highest BCUT2D eigenvalue weighted by Crippen LogP contribution is 2.45. The van der Waals surface area contributed by atoms with Crippen molar-refractivity contribution in [1.29, 1.82) is 5.26 Å². The Bertz CT molecular complexity index is 912. The third kappa shape index (κ3) is 4.52. The number of methoxy groups -OCH3 is 1. The number of hydrogen-bond acceptors (Lipinski definition) is 4. The number of ether oxygens (including phenoxy) is 1. The standard InChI is InChI=1S/C22H24ClF3N2O3/c1-12-14-4-3-5-16(21(30)22(24,25)26)15(14)8-9-28(12)19(29)10-17-13(11-27)6-7-18(31-2)20(17)23/h6-7,12,14-16H,3-5,8-10H2,1-2H3/t12-,14+,15+,16+/m0/s1. The van der Waals surface area contributed by atoms with Crippen LogP contribution in [-0.4, -0.2) is 42.5 Å². The van der Waals surface area contributed by atoms with Crippen molar-refractivity contribution in [3.05, 3.63) is 28.3 Å². The quantitative estimate of drug-likeness (QED) is 0.666. The molecule has 0 unspecified atom stereocenters. The Morgan fingerprint density at radius 2 is 1.97 bits per heavy atom. The maximum Gasteiger partial charge on any atom is 0.450 e. The number of halogens is 4. The fourth-order valence-corrected chi connectivity index (χ4v) is 5.52. The van der Waals surface area contributed by atoms with E-state index in [1.54, 1.807) is 11.0 Å². The number of rotatable bonds is 4. The number of nitriles is 1. The molecule has 1 heterocycles. The van der Waals surface area contributed by atoms with Crippen LogP contribution in [0.1, 0.15) is 43.7 Å². The van der Waals surface area contributed by atoms with Gasteiger partial charge in [0.05, 0.1) is 30.2 Å². The number of Topliss-reactive ketones (excluding diaryl/α,β-unsaturated/α-hetero) is 1. The van der Waals surface area contributed by atoms with E-state index < -0.39 is 17.9 Å². The summed E-state index contributed by atoms with van der Waals surface area (Å²) in [5.41, 5.74) is 0.645. The molecule has 0 N–H and O–H groups in total. The summed E-state index contributed by atoms with van der Waals surface area (Å²) < 4.78 is 44.3. The molecule has 1 aliphatic carbocycles. The molecule has 1 aromatic carbocycles. The smallest absolute Gasteiger partial charge is 0.450 e. The van der Waals surface area contributed by atoms with E-state index in [1.165, 1.54) is 13.2 Å². The summed E-state index contributed by atoms with van der Waals surface area (Å²) in [6.07, 6.45) is -3.14. The molecule has 1 saturated heterocycles. The summed E-state index contributed by atoms with van der Waals surface area (Å²) in [5.74, 6) is -3.11. The maximum atomic E-state index is 13.1. The minimum atomic E-state index is -4.83. The van der Waals surface area contributed by atoms with Crippen LogP contribution in [0.4, 0.5) is 13.2 Å². The summed E-state index contributed by atoms with van der Waals surface area (Å²) in [6, 6.07) is 4.83. The molecule has 1 aliphatic heterocycles. The lowest BCUT2D eigenvalue weighted by Crippen LogP contribution is -2.55. The average Bonchev–Trinajstić information content (AvgIpc) is 2.73. The first-order valence-corrected chi connectivity index (χ1v) is 10.6. The number of fused-ring (bicyclic) bond motifs is 1. The van der Waals surface area contributed by atoms with Gasteiger partial charge in [-0.1, -0.05) is 18.0 Å². The highest BCUT2D eigenvalue weighted by molar-refractivity contribution is 6.33. The van der Waals surface area contributed by atoms with Crippen LogP contribution in [0, 0.1) is 29.1 Å². The van der Waals surface area contributed by atoms with Crippen LogP contribution in [0.2, 0.25) is 5.02 Å². The third-order valence-electron chi connectivity index (χ3n) is 6.75. The molecule has 0 bridgehead atoms. The van der Waals surface area contributed by atoms with Gasteiger partial charge in [0, 0.05) is 24.1 Å². The van der Waals surface area contributed by atoms with E-state index in [9.17, 15) is 28.0 Å². The van der Waals surface area contributed by atoms with E-state index >= 15 is 0 Å². The molecule has 2 fully saturated rings. The van der Waals surface area contributed by atoms with Gasteiger partial charge in [0.1, 0.15) is 5.75 Å². The molecule has 5 nitrogen and oxygen atoms in total. The van der Waals surface area contributed by atoms with Gasteiger partial charge in [-0.2, -0.15) is 18.4 Å². The van der Waals surface area contributed by atoms with Gasteiger partial charge in [0.2, 0.25) is 11.7 Å². The summed E-state index contributed by atoms with van der Waals surface area (Å²) in [5, 5.41) is 9.58.